The fourth-order valence-electron chi connectivity index (χ4n) is 2.31. The van der Waals surface area contributed by atoms with Crippen LogP contribution in [0.25, 0.3) is 0 Å². The number of carboxylic acids is 2. The van der Waals surface area contributed by atoms with Crippen molar-refractivity contribution in [3.8, 4) is 0 Å². The lowest BCUT2D eigenvalue weighted by Gasteiger charge is -2.34. The molecule has 16 heavy (non-hydrogen) atoms. The smallest absolute Gasteiger partial charge is 0.321 e. The molecule has 0 saturated heterocycles. The number of nitrogens with zero attached hydrogens (tertiary/aromatic N) is 1. The topological polar surface area (TPSA) is 77.8 Å². The number of carbonyl (C=O) groups is 2. The normalized spacial score (nSPS) is 19.6. The van der Waals surface area contributed by atoms with Crippen LogP contribution in [0, 0.1) is 0 Å². The molecule has 1 fully saturated rings. The monoisotopic (exact) mass is 229 g/mol. The highest BCUT2D eigenvalue weighted by atomic mass is 16.4. The van der Waals surface area contributed by atoms with Crippen LogP contribution in [0.15, 0.2) is 0 Å². The van der Waals surface area contributed by atoms with Gasteiger partial charge in [-0.1, -0.05) is 19.3 Å². The van der Waals surface area contributed by atoms with Crippen LogP contribution in [0.5, 0.6) is 0 Å². The summed E-state index contributed by atoms with van der Waals surface area (Å²) in [5.74, 6) is -2.11. The van der Waals surface area contributed by atoms with E-state index in [2.05, 4.69) is 0 Å². The molecule has 0 aromatic heterocycles. The Balaban J connectivity index is 2.61. The molecule has 5 nitrogen and oxygen atoms in total. The van der Waals surface area contributed by atoms with E-state index in [1.165, 1.54) is 6.42 Å². The Morgan fingerprint density at radius 2 is 1.81 bits per heavy atom. The average molecular weight is 229 g/mol. The third-order valence-corrected chi connectivity index (χ3v) is 3.30. The van der Waals surface area contributed by atoms with Crippen LogP contribution in [0.1, 0.15) is 38.5 Å². The number of rotatable bonds is 5. The lowest BCUT2D eigenvalue weighted by atomic mass is 9.93. The SMILES string of the molecule is CN(C1CCCCC1)C(CC(=O)O)C(=O)O. The molecule has 0 aromatic carbocycles. The first-order valence-electron chi connectivity index (χ1n) is 5.69. The number of hydrogen-bond acceptors (Lipinski definition) is 3. The first kappa shape index (κ1) is 13.0. The molecule has 5 heteroatoms. The van der Waals surface area contributed by atoms with Gasteiger partial charge >= 0.3 is 11.9 Å². The second kappa shape index (κ2) is 5.84. The van der Waals surface area contributed by atoms with Crippen molar-refractivity contribution in [1.82, 2.24) is 4.90 Å². The third kappa shape index (κ3) is 3.48. The van der Waals surface area contributed by atoms with Gasteiger partial charge in [-0.15, -0.1) is 0 Å². The lowest BCUT2D eigenvalue weighted by Crippen LogP contribution is -2.46. The minimum Gasteiger partial charge on any atom is -0.481 e. The molecule has 0 spiro atoms. The lowest BCUT2D eigenvalue weighted by molar-refractivity contribution is -0.150. The molecule has 0 aliphatic heterocycles. The summed E-state index contributed by atoms with van der Waals surface area (Å²) in [5.41, 5.74) is 0. The molecule has 1 rings (SSSR count). The van der Waals surface area contributed by atoms with E-state index in [-0.39, 0.29) is 12.5 Å². The fourth-order valence-corrected chi connectivity index (χ4v) is 2.31. The van der Waals surface area contributed by atoms with Crippen molar-refractivity contribution < 1.29 is 19.8 Å². The zero-order valence-electron chi connectivity index (χ0n) is 9.56. The number of carboxylic acid groups (broad SMARTS) is 2. The Morgan fingerprint density at radius 3 is 2.25 bits per heavy atom. The Morgan fingerprint density at radius 1 is 1.25 bits per heavy atom. The van der Waals surface area contributed by atoms with Gasteiger partial charge in [-0.2, -0.15) is 0 Å². The summed E-state index contributed by atoms with van der Waals surface area (Å²) in [6.07, 6.45) is 5.02. The molecule has 2 N–H and O–H groups in total. The van der Waals surface area contributed by atoms with Crippen LogP contribution in [0.3, 0.4) is 0 Å². The van der Waals surface area contributed by atoms with E-state index in [9.17, 15) is 9.59 Å². The quantitative estimate of drug-likeness (QED) is 0.740. The molecule has 92 valence electrons. The van der Waals surface area contributed by atoms with Crippen LogP contribution in [-0.2, 0) is 9.59 Å². The molecule has 0 amide bonds. The summed E-state index contributed by atoms with van der Waals surface area (Å²) in [4.78, 5) is 23.3. The van der Waals surface area contributed by atoms with Crippen LogP contribution in [0.4, 0.5) is 0 Å². The second-order valence-corrected chi connectivity index (χ2v) is 4.41. The molecular weight excluding hydrogens is 210 g/mol. The largest absolute Gasteiger partial charge is 0.481 e. The van der Waals surface area contributed by atoms with E-state index in [0.717, 1.165) is 25.7 Å². The van der Waals surface area contributed by atoms with E-state index in [4.69, 9.17) is 10.2 Å². The maximum absolute atomic E-state index is 11.0. The van der Waals surface area contributed by atoms with Crippen LogP contribution < -0.4 is 0 Å². The molecule has 1 atom stereocenters. The predicted molar refractivity (Wildman–Crippen MR) is 58.3 cm³/mol. The van der Waals surface area contributed by atoms with Gasteiger partial charge in [0.25, 0.3) is 0 Å². The molecule has 1 saturated carbocycles. The summed E-state index contributed by atoms with van der Waals surface area (Å²) in [6, 6.07) is -0.685. The summed E-state index contributed by atoms with van der Waals surface area (Å²) < 4.78 is 0. The highest BCUT2D eigenvalue weighted by Crippen LogP contribution is 2.23. The maximum atomic E-state index is 11.0. The standard InChI is InChI=1S/C11H19NO4/c1-12(8-5-3-2-4-6-8)9(11(15)16)7-10(13)14/h8-9H,2-7H2,1H3,(H,13,14)(H,15,16). The summed E-state index contributed by atoms with van der Waals surface area (Å²) in [6.45, 7) is 0. The van der Waals surface area contributed by atoms with Gasteiger partial charge in [0.1, 0.15) is 6.04 Å². The number of aliphatic carboxylic acids is 2. The van der Waals surface area contributed by atoms with Gasteiger partial charge in [-0.05, 0) is 19.9 Å². The summed E-state index contributed by atoms with van der Waals surface area (Å²) >= 11 is 0. The number of likely N-dealkylation sites (N-methyl/N-ethyl adjacent to an activating group) is 1. The van der Waals surface area contributed by atoms with E-state index in [1.54, 1.807) is 11.9 Å². The predicted octanol–water partition coefficient (Wildman–Crippen LogP) is 1.18. The van der Waals surface area contributed by atoms with E-state index >= 15 is 0 Å². The van der Waals surface area contributed by atoms with Crippen molar-refractivity contribution in [2.45, 2.75) is 50.6 Å². The molecule has 1 unspecified atom stereocenters. The molecule has 1 aliphatic carbocycles. The molecule has 0 heterocycles. The van der Waals surface area contributed by atoms with Gasteiger partial charge in [-0.25, -0.2) is 0 Å². The van der Waals surface area contributed by atoms with Crippen LogP contribution in [0.2, 0.25) is 0 Å². The van der Waals surface area contributed by atoms with Crippen molar-refractivity contribution in [3.63, 3.8) is 0 Å². The van der Waals surface area contributed by atoms with Crippen molar-refractivity contribution in [1.29, 1.82) is 0 Å². The van der Waals surface area contributed by atoms with Crippen molar-refractivity contribution >= 4 is 11.9 Å². The summed E-state index contributed by atoms with van der Waals surface area (Å²) in [7, 11) is 1.72. The van der Waals surface area contributed by atoms with E-state index < -0.39 is 18.0 Å². The maximum Gasteiger partial charge on any atom is 0.321 e. The van der Waals surface area contributed by atoms with Crippen LogP contribution >= 0.6 is 0 Å². The Bertz CT molecular complexity index is 261. The second-order valence-electron chi connectivity index (χ2n) is 4.41. The van der Waals surface area contributed by atoms with Crippen molar-refractivity contribution in [2.24, 2.45) is 0 Å². The van der Waals surface area contributed by atoms with Gasteiger partial charge in [-0.3, -0.25) is 14.5 Å². The van der Waals surface area contributed by atoms with Gasteiger partial charge < -0.3 is 10.2 Å². The zero-order chi connectivity index (χ0) is 12.1. The van der Waals surface area contributed by atoms with Gasteiger partial charge in [0.2, 0.25) is 0 Å². The van der Waals surface area contributed by atoms with E-state index in [1.807, 2.05) is 0 Å². The fraction of sp³-hybridized carbons (Fsp3) is 0.818. The zero-order valence-corrected chi connectivity index (χ0v) is 9.56. The molecular formula is C11H19NO4. The van der Waals surface area contributed by atoms with Gasteiger partial charge in [0, 0.05) is 6.04 Å². The minimum absolute atomic E-state index is 0.217. The van der Waals surface area contributed by atoms with E-state index in [0.29, 0.717) is 0 Å². The highest BCUT2D eigenvalue weighted by molar-refractivity contribution is 5.80. The first-order chi connectivity index (χ1) is 7.52. The summed E-state index contributed by atoms with van der Waals surface area (Å²) in [5, 5.41) is 17.7. The number of hydrogen-bond donors (Lipinski definition) is 2. The molecule has 0 bridgehead atoms. The molecule has 0 aromatic rings. The molecule has 0 radical (unpaired) electrons. The van der Waals surface area contributed by atoms with Crippen LogP contribution in [-0.4, -0.2) is 46.2 Å². The average Bonchev–Trinajstić information content (AvgIpc) is 2.25. The molecule has 1 aliphatic rings. The first-order valence-corrected chi connectivity index (χ1v) is 5.69. The minimum atomic E-state index is -1.06. The Kier molecular flexibility index (Phi) is 4.73. The van der Waals surface area contributed by atoms with Gasteiger partial charge in [0.05, 0.1) is 6.42 Å². The Labute approximate surface area is 95.1 Å². The highest BCUT2D eigenvalue weighted by Gasteiger charge is 2.30. The Hall–Kier alpha value is -1.10. The third-order valence-electron chi connectivity index (χ3n) is 3.30. The van der Waals surface area contributed by atoms with Crippen molar-refractivity contribution in [3.05, 3.63) is 0 Å². The van der Waals surface area contributed by atoms with Gasteiger partial charge in [0.15, 0.2) is 0 Å². The van der Waals surface area contributed by atoms with Crippen molar-refractivity contribution in [2.75, 3.05) is 7.05 Å².